The van der Waals surface area contributed by atoms with Crippen molar-refractivity contribution in [3.8, 4) is 11.1 Å². The van der Waals surface area contributed by atoms with E-state index in [9.17, 15) is 4.79 Å². The molecule has 0 spiro atoms. The fourth-order valence-electron chi connectivity index (χ4n) is 3.13. The Labute approximate surface area is 185 Å². The van der Waals surface area contributed by atoms with Crippen LogP contribution < -0.4 is 5.32 Å². The van der Waals surface area contributed by atoms with E-state index in [0.717, 1.165) is 16.7 Å². The van der Waals surface area contributed by atoms with E-state index < -0.39 is 6.04 Å². The highest BCUT2D eigenvalue weighted by molar-refractivity contribution is 5.76. The molecule has 0 aliphatic heterocycles. The first kappa shape index (κ1) is 22.7. The van der Waals surface area contributed by atoms with Crippen molar-refractivity contribution in [1.82, 2.24) is 5.32 Å². The molecule has 3 rings (SSSR count). The molecule has 1 N–H and O–H groups in total. The van der Waals surface area contributed by atoms with Crippen LogP contribution in [0.1, 0.15) is 31.9 Å². The van der Waals surface area contributed by atoms with Crippen molar-refractivity contribution in [2.24, 2.45) is 0 Å². The normalized spacial score (nSPS) is 12.4. The molecule has 1 atom stereocenters. The van der Waals surface area contributed by atoms with Crippen molar-refractivity contribution in [3.05, 3.63) is 96.1 Å². The Hall–Kier alpha value is -2.95. The van der Waals surface area contributed by atoms with Gasteiger partial charge in [-0.25, -0.2) is 0 Å². The molecule has 0 saturated heterocycles. The first-order valence-corrected chi connectivity index (χ1v) is 10.6. The average Bonchev–Trinajstić information content (AvgIpc) is 2.78. The number of hydrogen-bond donors (Lipinski definition) is 1. The van der Waals surface area contributed by atoms with Crippen LogP contribution in [0.3, 0.4) is 0 Å². The molecule has 0 heterocycles. The predicted octanol–water partition coefficient (Wildman–Crippen LogP) is 5.37. The third kappa shape index (κ3) is 7.67. The van der Waals surface area contributed by atoms with E-state index >= 15 is 0 Å². The summed E-state index contributed by atoms with van der Waals surface area (Å²) >= 11 is 0. The Bertz CT molecular complexity index is 932. The van der Waals surface area contributed by atoms with Gasteiger partial charge in [-0.05, 0) is 49.4 Å². The lowest BCUT2D eigenvalue weighted by molar-refractivity contribution is -0.148. The minimum absolute atomic E-state index is 0.255. The number of rotatable bonds is 9. The Morgan fingerprint density at radius 3 is 2.00 bits per heavy atom. The van der Waals surface area contributed by atoms with E-state index in [-0.39, 0.29) is 24.9 Å². The third-order valence-corrected chi connectivity index (χ3v) is 4.84. The Kier molecular flexibility index (Phi) is 7.99. The summed E-state index contributed by atoms with van der Waals surface area (Å²) in [7, 11) is 0. The summed E-state index contributed by atoms with van der Waals surface area (Å²) in [4.78, 5) is 12.8. The van der Waals surface area contributed by atoms with E-state index in [1.54, 1.807) is 0 Å². The van der Waals surface area contributed by atoms with Crippen LogP contribution in [-0.4, -0.2) is 24.3 Å². The van der Waals surface area contributed by atoms with Gasteiger partial charge in [0.1, 0.15) is 12.6 Å². The van der Waals surface area contributed by atoms with Crippen LogP contribution in [0.2, 0.25) is 0 Å². The maximum absolute atomic E-state index is 12.8. The summed E-state index contributed by atoms with van der Waals surface area (Å²) < 4.78 is 11.3. The van der Waals surface area contributed by atoms with E-state index in [1.807, 2.05) is 69.3 Å². The molecule has 0 amide bonds. The molecule has 0 aromatic heterocycles. The van der Waals surface area contributed by atoms with Gasteiger partial charge in [-0.3, -0.25) is 10.1 Å². The number of carbonyl (C=O) groups excluding carboxylic acids is 1. The highest BCUT2D eigenvalue weighted by atomic mass is 16.5. The number of esters is 1. The molecule has 0 aliphatic rings. The topological polar surface area (TPSA) is 47.6 Å². The van der Waals surface area contributed by atoms with Gasteiger partial charge in [0, 0.05) is 0 Å². The third-order valence-electron chi connectivity index (χ3n) is 4.84. The van der Waals surface area contributed by atoms with Crippen LogP contribution in [0.25, 0.3) is 11.1 Å². The van der Waals surface area contributed by atoms with Crippen molar-refractivity contribution in [3.63, 3.8) is 0 Å². The molecule has 4 nitrogen and oxygen atoms in total. The fraction of sp³-hybridized carbons (Fsp3) is 0.296. The van der Waals surface area contributed by atoms with Crippen molar-refractivity contribution in [2.45, 2.75) is 45.4 Å². The molecule has 31 heavy (non-hydrogen) atoms. The molecular weight excluding hydrogens is 386 g/mol. The van der Waals surface area contributed by atoms with E-state index in [4.69, 9.17) is 9.47 Å². The minimum atomic E-state index is -0.492. The van der Waals surface area contributed by atoms with Crippen LogP contribution in [0.15, 0.2) is 84.9 Å². The summed E-state index contributed by atoms with van der Waals surface area (Å²) in [6, 6.07) is 27.7. The number of hydrogen-bond acceptors (Lipinski definition) is 4. The smallest absolute Gasteiger partial charge is 0.323 e. The van der Waals surface area contributed by atoms with Crippen LogP contribution >= 0.6 is 0 Å². The molecule has 0 fully saturated rings. The number of nitrogens with one attached hydrogen (secondary N) is 1. The molecule has 0 saturated carbocycles. The van der Waals surface area contributed by atoms with Crippen LogP contribution in [-0.2, 0) is 27.3 Å². The quantitative estimate of drug-likeness (QED) is 0.376. The van der Waals surface area contributed by atoms with Gasteiger partial charge in [0.15, 0.2) is 0 Å². The summed E-state index contributed by atoms with van der Waals surface area (Å²) in [5, 5.41) is 3.21. The van der Waals surface area contributed by atoms with Gasteiger partial charge in [-0.2, -0.15) is 0 Å². The number of ether oxygens (including phenoxy) is 2. The monoisotopic (exact) mass is 417 g/mol. The highest BCUT2D eigenvalue weighted by Crippen LogP contribution is 2.20. The number of benzene rings is 3. The lowest BCUT2D eigenvalue weighted by Gasteiger charge is -2.23. The van der Waals surface area contributed by atoms with Crippen LogP contribution in [0.4, 0.5) is 0 Å². The second-order valence-electron chi connectivity index (χ2n) is 8.52. The predicted molar refractivity (Wildman–Crippen MR) is 124 cm³/mol. The van der Waals surface area contributed by atoms with Gasteiger partial charge in [0.25, 0.3) is 0 Å². The van der Waals surface area contributed by atoms with E-state index in [1.165, 1.54) is 5.56 Å². The van der Waals surface area contributed by atoms with Gasteiger partial charge < -0.3 is 9.47 Å². The minimum Gasteiger partial charge on any atom is -0.460 e. The molecule has 0 radical (unpaired) electrons. The summed E-state index contributed by atoms with van der Waals surface area (Å²) in [6.45, 7) is 6.49. The van der Waals surface area contributed by atoms with Gasteiger partial charge >= 0.3 is 5.97 Å². The Morgan fingerprint density at radius 1 is 0.806 bits per heavy atom. The molecule has 3 aromatic carbocycles. The second kappa shape index (κ2) is 10.9. The molecule has 0 bridgehead atoms. The van der Waals surface area contributed by atoms with E-state index in [2.05, 4.69) is 41.7 Å². The lowest BCUT2D eigenvalue weighted by atomic mass is 10.0. The van der Waals surface area contributed by atoms with Gasteiger partial charge in [0.05, 0.1) is 12.3 Å². The van der Waals surface area contributed by atoms with Gasteiger partial charge in [-0.15, -0.1) is 0 Å². The summed E-state index contributed by atoms with van der Waals surface area (Å²) in [6.07, 6.45) is 0.524. The Morgan fingerprint density at radius 2 is 1.39 bits per heavy atom. The van der Waals surface area contributed by atoms with Crippen molar-refractivity contribution >= 4 is 5.97 Å². The second-order valence-corrected chi connectivity index (χ2v) is 8.52. The zero-order valence-electron chi connectivity index (χ0n) is 18.5. The zero-order valence-corrected chi connectivity index (χ0v) is 18.5. The largest absolute Gasteiger partial charge is 0.460 e. The van der Waals surface area contributed by atoms with Crippen molar-refractivity contribution < 1.29 is 14.3 Å². The van der Waals surface area contributed by atoms with Crippen molar-refractivity contribution in [2.75, 3.05) is 6.73 Å². The first-order chi connectivity index (χ1) is 14.9. The molecule has 162 valence electrons. The highest BCUT2D eigenvalue weighted by Gasteiger charge is 2.21. The first-order valence-electron chi connectivity index (χ1n) is 10.6. The summed E-state index contributed by atoms with van der Waals surface area (Å²) in [5.74, 6) is -0.284. The standard InChI is InChI=1S/C27H31NO3/c1-27(2,3)31-20-28-25(26(29)30-19-22-10-6-4-7-11-22)18-21-14-16-24(17-15-21)23-12-8-5-9-13-23/h4-17,25,28H,18-20H2,1-3H3/t25-/m0/s1. The molecule has 4 heteroatoms. The molecule has 0 aliphatic carbocycles. The zero-order chi connectivity index (χ0) is 22.1. The van der Waals surface area contributed by atoms with Crippen LogP contribution in [0, 0.1) is 0 Å². The number of carbonyl (C=O) groups is 1. The van der Waals surface area contributed by atoms with Gasteiger partial charge in [0.2, 0.25) is 0 Å². The SMILES string of the molecule is CC(C)(C)OCN[C@@H](Cc1ccc(-c2ccccc2)cc1)C(=O)OCc1ccccc1. The van der Waals surface area contributed by atoms with Crippen LogP contribution in [0.5, 0.6) is 0 Å². The molecular formula is C27H31NO3. The molecule has 0 unspecified atom stereocenters. The Balaban J connectivity index is 1.65. The molecule has 3 aromatic rings. The van der Waals surface area contributed by atoms with E-state index in [0.29, 0.717) is 6.42 Å². The van der Waals surface area contributed by atoms with Gasteiger partial charge in [-0.1, -0.05) is 84.9 Å². The average molecular weight is 418 g/mol. The maximum Gasteiger partial charge on any atom is 0.323 e. The maximum atomic E-state index is 12.8. The fourth-order valence-corrected chi connectivity index (χ4v) is 3.13. The van der Waals surface area contributed by atoms with Crippen molar-refractivity contribution in [1.29, 1.82) is 0 Å². The lowest BCUT2D eigenvalue weighted by Crippen LogP contribution is -2.42. The summed E-state index contributed by atoms with van der Waals surface area (Å²) in [5.41, 5.74) is 4.06.